The molecule has 0 saturated carbocycles. The van der Waals surface area contributed by atoms with Crippen molar-refractivity contribution in [3.8, 4) is 0 Å². The lowest BCUT2D eigenvalue weighted by Crippen LogP contribution is -2.52. The predicted octanol–water partition coefficient (Wildman–Crippen LogP) is 4.62. The standard InChI is InChI=1S/C21H24ClF3N6/c1-12-11-30(13(2)15-5-7-16(8-6-15)21(23,24)25)9-10-31(12)19-17-18(27-20(22)28-19)29(4)14(3)26-17/h5-8,12-13H,9-11H2,1-4H3. The van der Waals surface area contributed by atoms with Gasteiger partial charge in [-0.3, -0.25) is 4.90 Å². The number of aromatic nitrogens is 4. The summed E-state index contributed by atoms with van der Waals surface area (Å²) in [5, 5.41) is 0.179. The average Bonchev–Trinajstić information content (AvgIpc) is 3.00. The van der Waals surface area contributed by atoms with E-state index in [2.05, 4.69) is 31.7 Å². The van der Waals surface area contributed by atoms with E-state index in [0.29, 0.717) is 18.0 Å². The molecule has 1 aromatic carbocycles. The van der Waals surface area contributed by atoms with Crippen LogP contribution in [-0.2, 0) is 13.2 Å². The van der Waals surface area contributed by atoms with Crippen LogP contribution in [0, 0.1) is 6.92 Å². The molecule has 1 aliphatic rings. The van der Waals surface area contributed by atoms with Crippen molar-refractivity contribution in [3.63, 3.8) is 0 Å². The Balaban J connectivity index is 1.54. The van der Waals surface area contributed by atoms with Crippen molar-refractivity contribution in [1.82, 2.24) is 24.4 Å². The maximum Gasteiger partial charge on any atom is 0.416 e. The molecule has 3 heterocycles. The van der Waals surface area contributed by atoms with Crippen molar-refractivity contribution in [1.29, 1.82) is 0 Å². The van der Waals surface area contributed by atoms with Crippen LogP contribution in [0.1, 0.15) is 36.8 Å². The van der Waals surface area contributed by atoms with E-state index in [1.165, 1.54) is 0 Å². The number of hydrogen-bond donors (Lipinski definition) is 0. The molecule has 10 heteroatoms. The highest BCUT2D eigenvalue weighted by molar-refractivity contribution is 6.28. The Morgan fingerprint density at radius 3 is 2.39 bits per heavy atom. The number of fused-ring (bicyclic) bond motifs is 1. The summed E-state index contributed by atoms with van der Waals surface area (Å²) in [5.41, 5.74) is 1.65. The second kappa shape index (κ2) is 7.94. The molecule has 1 aliphatic heterocycles. The first-order valence-electron chi connectivity index (χ1n) is 10.1. The third kappa shape index (κ3) is 4.08. The topological polar surface area (TPSA) is 50.1 Å². The van der Waals surface area contributed by atoms with Gasteiger partial charge in [-0.05, 0) is 50.1 Å². The van der Waals surface area contributed by atoms with Crippen LogP contribution < -0.4 is 4.90 Å². The van der Waals surface area contributed by atoms with Gasteiger partial charge in [0.2, 0.25) is 5.28 Å². The fourth-order valence-electron chi connectivity index (χ4n) is 4.14. The first-order valence-corrected chi connectivity index (χ1v) is 10.5. The van der Waals surface area contributed by atoms with Crippen molar-refractivity contribution in [3.05, 3.63) is 46.5 Å². The molecule has 2 unspecified atom stereocenters. The molecule has 0 aliphatic carbocycles. The third-order valence-electron chi connectivity index (χ3n) is 6.10. The molecule has 1 saturated heterocycles. The van der Waals surface area contributed by atoms with E-state index in [-0.39, 0.29) is 17.4 Å². The number of hydrogen-bond acceptors (Lipinski definition) is 5. The zero-order valence-corrected chi connectivity index (χ0v) is 18.5. The van der Waals surface area contributed by atoms with Crippen LogP contribution in [0.4, 0.5) is 19.0 Å². The highest BCUT2D eigenvalue weighted by Crippen LogP contribution is 2.33. The van der Waals surface area contributed by atoms with Gasteiger partial charge in [-0.2, -0.15) is 23.1 Å². The van der Waals surface area contributed by atoms with Gasteiger partial charge in [0.25, 0.3) is 0 Å². The molecule has 6 nitrogen and oxygen atoms in total. The van der Waals surface area contributed by atoms with E-state index in [1.807, 2.05) is 25.5 Å². The number of rotatable bonds is 3. The minimum atomic E-state index is -4.32. The molecule has 166 valence electrons. The maximum absolute atomic E-state index is 12.9. The monoisotopic (exact) mass is 452 g/mol. The predicted molar refractivity (Wildman–Crippen MR) is 114 cm³/mol. The Bertz CT molecular complexity index is 1100. The van der Waals surface area contributed by atoms with Gasteiger partial charge < -0.3 is 9.47 Å². The summed E-state index contributed by atoms with van der Waals surface area (Å²) in [6.07, 6.45) is -4.32. The van der Waals surface area contributed by atoms with E-state index in [4.69, 9.17) is 11.6 Å². The van der Waals surface area contributed by atoms with E-state index in [9.17, 15) is 13.2 Å². The van der Waals surface area contributed by atoms with E-state index in [1.54, 1.807) is 12.1 Å². The van der Waals surface area contributed by atoms with Crippen molar-refractivity contribution in [2.45, 2.75) is 39.0 Å². The Kier molecular flexibility index (Phi) is 5.59. The van der Waals surface area contributed by atoms with Crippen molar-refractivity contribution >= 4 is 28.6 Å². The fourth-order valence-corrected chi connectivity index (χ4v) is 4.30. The number of piperazine rings is 1. The van der Waals surface area contributed by atoms with Crippen LogP contribution in [0.3, 0.4) is 0 Å². The zero-order valence-electron chi connectivity index (χ0n) is 17.8. The molecule has 0 radical (unpaired) electrons. The molecular weight excluding hydrogens is 429 g/mol. The molecule has 0 bridgehead atoms. The molecule has 0 N–H and O–H groups in total. The van der Waals surface area contributed by atoms with Crippen LogP contribution in [-0.4, -0.2) is 50.1 Å². The summed E-state index contributed by atoms with van der Waals surface area (Å²) in [7, 11) is 1.89. The second-order valence-electron chi connectivity index (χ2n) is 8.04. The Morgan fingerprint density at radius 1 is 1.10 bits per heavy atom. The number of halogens is 4. The average molecular weight is 453 g/mol. The van der Waals surface area contributed by atoms with Crippen LogP contribution in [0.2, 0.25) is 5.28 Å². The van der Waals surface area contributed by atoms with Gasteiger partial charge in [0.1, 0.15) is 5.82 Å². The van der Waals surface area contributed by atoms with Crippen LogP contribution >= 0.6 is 11.6 Å². The molecule has 1 fully saturated rings. The molecule has 0 amide bonds. The Labute approximate surface area is 183 Å². The highest BCUT2D eigenvalue weighted by Gasteiger charge is 2.32. The van der Waals surface area contributed by atoms with Gasteiger partial charge in [-0.15, -0.1) is 0 Å². The summed E-state index contributed by atoms with van der Waals surface area (Å²) in [4.78, 5) is 17.9. The quantitative estimate of drug-likeness (QED) is 0.543. The smallest absolute Gasteiger partial charge is 0.349 e. The number of nitrogens with zero attached hydrogens (tertiary/aromatic N) is 6. The lowest BCUT2D eigenvalue weighted by Gasteiger charge is -2.43. The summed E-state index contributed by atoms with van der Waals surface area (Å²) in [5.74, 6) is 1.54. The highest BCUT2D eigenvalue weighted by atomic mass is 35.5. The summed E-state index contributed by atoms with van der Waals surface area (Å²) < 4.78 is 40.5. The number of alkyl halides is 3. The lowest BCUT2D eigenvalue weighted by molar-refractivity contribution is -0.137. The summed E-state index contributed by atoms with van der Waals surface area (Å²) in [6.45, 7) is 8.20. The molecule has 2 aromatic heterocycles. The summed E-state index contributed by atoms with van der Waals surface area (Å²) in [6, 6.07) is 5.53. The van der Waals surface area contributed by atoms with E-state index < -0.39 is 11.7 Å². The van der Waals surface area contributed by atoms with Crippen LogP contribution in [0.25, 0.3) is 11.2 Å². The zero-order chi connectivity index (χ0) is 22.5. The fraction of sp³-hybridized carbons (Fsp3) is 0.476. The maximum atomic E-state index is 12.9. The molecular formula is C21H24ClF3N6. The number of imidazole rings is 1. The van der Waals surface area contributed by atoms with Gasteiger partial charge in [-0.1, -0.05) is 12.1 Å². The van der Waals surface area contributed by atoms with Crippen molar-refractivity contribution in [2.24, 2.45) is 7.05 Å². The van der Waals surface area contributed by atoms with Crippen LogP contribution in [0.15, 0.2) is 24.3 Å². The third-order valence-corrected chi connectivity index (χ3v) is 6.26. The van der Waals surface area contributed by atoms with E-state index in [0.717, 1.165) is 42.1 Å². The molecule has 3 aromatic rings. The normalized spacial score (nSPS) is 19.2. The van der Waals surface area contributed by atoms with E-state index >= 15 is 0 Å². The number of anilines is 1. The Hall–Kier alpha value is -2.39. The molecule has 0 spiro atoms. The lowest BCUT2D eigenvalue weighted by atomic mass is 10.0. The SMILES string of the molecule is Cc1nc2c(N3CCN(C(C)c4ccc(C(F)(F)F)cc4)CC3C)nc(Cl)nc2n1C. The van der Waals surface area contributed by atoms with Gasteiger partial charge in [0, 0.05) is 38.8 Å². The van der Waals surface area contributed by atoms with Gasteiger partial charge in [-0.25, -0.2) is 4.98 Å². The first kappa shape index (κ1) is 21.8. The van der Waals surface area contributed by atoms with Gasteiger partial charge >= 0.3 is 6.18 Å². The minimum Gasteiger partial charge on any atom is -0.349 e. The minimum absolute atomic E-state index is 0.00187. The Morgan fingerprint density at radius 2 is 1.77 bits per heavy atom. The summed E-state index contributed by atoms with van der Waals surface area (Å²) >= 11 is 6.20. The number of benzene rings is 1. The molecule has 2 atom stereocenters. The van der Waals surface area contributed by atoms with Gasteiger partial charge in [0.15, 0.2) is 17.0 Å². The first-order chi connectivity index (χ1) is 14.6. The molecule has 31 heavy (non-hydrogen) atoms. The van der Waals surface area contributed by atoms with Crippen molar-refractivity contribution in [2.75, 3.05) is 24.5 Å². The largest absolute Gasteiger partial charge is 0.416 e. The van der Waals surface area contributed by atoms with Gasteiger partial charge in [0.05, 0.1) is 5.56 Å². The second-order valence-corrected chi connectivity index (χ2v) is 8.38. The van der Waals surface area contributed by atoms with Crippen LogP contribution in [0.5, 0.6) is 0 Å². The number of aryl methyl sites for hydroxylation is 2. The van der Waals surface area contributed by atoms with Crippen molar-refractivity contribution < 1.29 is 13.2 Å². The molecule has 4 rings (SSSR count).